The van der Waals surface area contributed by atoms with Gasteiger partial charge in [0.25, 0.3) is 5.91 Å². The first-order chi connectivity index (χ1) is 17.5. The Bertz CT molecular complexity index is 1390. The van der Waals surface area contributed by atoms with E-state index in [2.05, 4.69) is 20.9 Å². The first kappa shape index (κ1) is 23.3. The molecule has 1 saturated carbocycles. The van der Waals surface area contributed by atoms with Crippen LogP contribution in [0.5, 0.6) is 5.75 Å². The van der Waals surface area contributed by atoms with E-state index in [1.54, 1.807) is 12.1 Å². The fraction of sp³-hybridized carbons (Fsp3) is 0.259. The van der Waals surface area contributed by atoms with Crippen LogP contribution in [-0.4, -0.2) is 32.0 Å². The van der Waals surface area contributed by atoms with Crippen molar-refractivity contribution in [2.75, 3.05) is 5.32 Å². The van der Waals surface area contributed by atoms with Crippen LogP contribution in [0.25, 0.3) is 11.3 Å². The van der Waals surface area contributed by atoms with Gasteiger partial charge in [0.05, 0.1) is 17.6 Å². The number of hydrogen-bond acceptors (Lipinski definition) is 6. The average Bonchev–Trinajstić information content (AvgIpc) is 3.65. The molecule has 184 valence electrons. The number of carbonyl (C=O) groups excluding carboxylic acids is 2. The highest BCUT2D eigenvalue weighted by molar-refractivity contribution is 6.02. The van der Waals surface area contributed by atoms with Crippen molar-refractivity contribution < 1.29 is 19.2 Å². The van der Waals surface area contributed by atoms with Gasteiger partial charge in [-0.2, -0.15) is 9.78 Å². The van der Waals surface area contributed by atoms with Gasteiger partial charge in [0.2, 0.25) is 5.76 Å². The summed E-state index contributed by atoms with van der Waals surface area (Å²) in [5.41, 5.74) is 4.27. The molecule has 5 rings (SSSR count). The summed E-state index contributed by atoms with van der Waals surface area (Å²) in [6.45, 7) is 2.39. The lowest BCUT2D eigenvalue weighted by atomic mass is 10.0. The summed E-state index contributed by atoms with van der Waals surface area (Å²) < 4.78 is 6.32. The van der Waals surface area contributed by atoms with Gasteiger partial charge < -0.3 is 20.3 Å². The second-order valence-electron chi connectivity index (χ2n) is 9.06. The van der Waals surface area contributed by atoms with Gasteiger partial charge >= 0.3 is 6.03 Å². The fourth-order valence-electron chi connectivity index (χ4n) is 4.62. The number of phenolic OH excluding ortho intramolecular Hbond substituents is 1. The van der Waals surface area contributed by atoms with E-state index in [0.29, 0.717) is 23.5 Å². The molecule has 9 nitrogen and oxygen atoms in total. The Kier molecular flexibility index (Phi) is 6.53. The summed E-state index contributed by atoms with van der Waals surface area (Å²) in [6.07, 6.45) is 5.55. The van der Waals surface area contributed by atoms with Crippen LogP contribution in [-0.2, 0) is 6.54 Å². The molecule has 1 fully saturated rings. The van der Waals surface area contributed by atoms with Gasteiger partial charge in [0.1, 0.15) is 5.75 Å². The molecule has 0 radical (unpaired) electrons. The lowest BCUT2D eigenvalue weighted by molar-refractivity contribution is 0.0988. The maximum Gasteiger partial charge on any atom is 0.342 e. The first-order valence-electron chi connectivity index (χ1n) is 12.0. The lowest BCUT2D eigenvalue weighted by Crippen LogP contribution is -2.30. The van der Waals surface area contributed by atoms with Crippen LogP contribution in [0.1, 0.15) is 59.0 Å². The van der Waals surface area contributed by atoms with Crippen LogP contribution in [0.3, 0.4) is 0 Å². The second kappa shape index (κ2) is 10.1. The van der Waals surface area contributed by atoms with Crippen molar-refractivity contribution in [3.05, 3.63) is 83.4 Å². The molecule has 2 amide bonds. The normalized spacial score (nSPS) is 13.6. The number of aromatic nitrogens is 3. The Hall–Kier alpha value is -4.40. The molecule has 0 bridgehead atoms. The van der Waals surface area contributed by atoms with Crippen molar-refractivity contribution >= 4 is 17.6 Å². The minimum Gasteiger partial charge on any atom is -0.507 e. The van der Waals surface area contributed by atoms with Crippen LogP contribution in [0.2, 0.25) is 0 Å². The number of rotatable bonds is 6. The molecule has 1 aliphatic rings. The van der Waals surface area contributed by atoms with Gasteiger partial charge in [-0.25, -0.2) is 4.79 Å². The topological polar surface area (TPSA) is 122 Å². The molecule has 2 aromatic carbocycles. The van der Waals surface area contributed by atoms with Gasteiger partial charge in [-0.3, -0.25) is 4.79 Å². The number of nitrogens with one attached hydrogen (secondary N) is 2. The molecule has 0 spiro atoms. The summed E-state index contributed by atoms with van der Waals surface area (Å²) in [4.78, 5) is 25.6. The molecule has 4 aromatic rings. The minimum atomic E-state index is -0.461. The Balaban J connectivity index is 1.43. The number of anilines is 1. The van der Waals surface area contributed by atoms with Crippen LogP contribution >= 0.6 is 0 Å². The maximum absolute atomic E-state index is 13.2. The Morgan fingerprint density at radius 1 is 1.11 bits per heavy atom. The van der Waals surface area contributed by atoms with Crippen LogP contribution in [0.4, 0.5) is 10.5 Å². The molecule has 0 atom stereocenters. The average molecular weight is 486 g/mol. The molecule has 1 aliphatic carbocycles. The summed E-state index contributed by atoms with van der Waals surface area (Å²) in [6, 6.07) is 15.7. The lowest BCUT2D eigenvalue weighted by Gasteiger charge is -2.12. The smallest absolute Gasteiger partial charge is 0.342 e. The molecule has 36 heavy (non-hydrogen) atoms. The van der Waals surface area contributed by atoms with Crippen molar-refractivity contribution in [2.24, 2.45) is 0 Å². The summed E-state index contributed by atoms with van der Waals surface area (Å²) in [5.74, 6) is -0.178. The van der Waals surface area contributed by atoms with E-state index in [9.17, 15) is 14.7 Å². The van der Waals surface area contributed by atoms with E-state index in [0.717, 1.165) is 42.5 Å². The monoisotopic (exact) mass is 485 g/mol. The third kappa shape index (κ3) is 5.00. The Morgan fingerprint density at radius 3 is 2.69 bits per heavy atom. The van der Waals surface area contributed by atoms with Crippen LogP contribution < -0.4 is 10.6 Å². The Labute approximate surface area is 208 Å². The Morgan fingerprint density at radius 2 is 1.94 bits per heavy atom. The molecule has 0 aliphatic heterocycles. The summed E-state index contributed by atoms with van der Waals surface area (Å²) in [5, 5.41) is 24.4. The number of phenols is 1. The van der Waals surface area contributed by atoms with Crippen LogP contribution in [0.15, 0.2) is 65.3 Å². The van der Waals surface area contributed by atoms with E-state index in [-0.39, 0.29) is 23.5 Å². The number of carbonyl (C=O) groups is 2. The molecular weight excluding hydrogens is 458 g/mol. The third-order valence-corrected chi connectivity index (χ3v) is 6.42. The minimum absolute atomic E-state index is 0.00421. The van der Waals surface area contributed by atoms with Crippen molar-refractivity contribution in [2.45, 2.75) is 45.1 Å². The second-order valence-corrected chi connectivity index (χ2v) is 9.06. The molecule has 2 aromatic heterocycles. The number of hydrogen-bond donors (Lipinski definition) is 3. The predicted octanol–water partition coefficient (Wildman–Crippen LogP) is 5.22. The highest BCUT2D eigenvalue weighted by Gasteiger charge is 2.26. The zero-order valence-electron chi connectivity index (χ0n) is 19.9. The molecule has 0 unspecified atom stereocenters. The third-order valence-electron chi connectivity index (χ3n) is 6.42. The van der Waals surface area contributed by atoms with Crippen molar-refractivity contribution in [3.63, 3.8) is 0 Å². The maximum atomic E-state index is 13.2. The zero-order chi connectivity index (χ0) is 25.1. The van der Waals surface area contributed by atoms with E-state index in [4.69, 9.17) is 4.52 Å². The van der Waals surface area contributed by atoms with Gasteiger partial charge in [-0.05, 0) is 49.6 Å². The molecule has 2 heterocycles. The number of aryl methyl sites for hydroxylation is 1. The van der Waals surface area contributed by atoms with Gasteiger partial charge in [-0.15, -0.1) is 0 Å². The fourth-order valence-corrected chi connectivity index (χ4v) is 4.62. The van der Waals surface area contributed by atoms with E-state index in [1.165, 1.54) is 23.0 Å². The van der Waals surface area contributed by atoms with E-state index >= 15 is 0 Å². The number of benzene rings is 2. The number of aromatic hydroxyl groups is 1. The SMILES string of the molecule is Cc1cccc(CNC(=O)n2nc(-c3cc(NC(=O)c4ccno4)ccc3O)cc2C2CCCC2)c1. The van der Waals surface area contributed by atoms with E-state index in [1.807, 2.05) is 37.3 Å². The zero-order valence-corrected chi connectivity index (χ0v) is 19.9. The first-order valence-corrected chi connectivity index (χ1v) is 12.0. The number of amides is 2. The van der Waals surface area contributed by atoms with Crippen molar-refractivity contribution in [3.8, 4) is 17.0 Å². The summed E-state index contributed by atoms with van der Waals surface area (Å²) >= 11 is 0. The van der Waals surface area contributed by atoms with Crippen molar-refractivity contribution in [1.29, 1.82) is 0 Å². The molecule has 9 heteroatoms. The highest BCUT2D eigenvalue weighted by Crippen LogP contribution is 2.38. The van der Waals surface area contributed by atoms with Crippen molar-refractivity contribution in [1.82, 2.24) is 20.3 Å². The van der Waals surface area contributed by atoms with Gasteiger partial charge in [0.15, 0.2) is 0 Å². The standard InChI is InChI=1S/C27H27N5O4/c1-17-5-4-6-18(13-17)16-28-27(35)32-23(19-7-2-3-8-19)15-22(31-32)21-14-20(9-10-24(21)33)30-26(34)25-11-12-29-36-25/h4-6,9-15,19,33H,2-3,7-8,16H2,1H3,(H,28,35)(H,30,34). The van der Waals surface area contributed by atoms with E-state index < -0.39 is 5.91 Å². The molecule has 0 saturated heterocycles. The molecule has 3 N–H and O–H groups in total. The number of nitrogens with zero attached hydrogens (tertiary/aromatic N) is 3. The summed E-state index contributed by atoms with van der Waals surface area (Å²) in [7, 11) is 0. The quantitative estimate of drug-likeness (QED) is 0.322. The van der Waals surface area contributed by atoms with Crippen LogP contribution in [0, 0.1) is 6.92 Å². The largest absolute Gasteiger partial charge is 0.507 e. The predicted molar refractivity (Wildman–Crippen MR) is 134 cm³/mol. The highest BCUT2D eigenvalue weighted by atomic mass is 16.5. The van der Waals surface area contributed by atoms with Gasteiger partial charge in [0, 0.05) is 29.8 Å². The van der Waals surface area contributed by atoms with Gasteiger partial charge in [-0.1, -0.05) is 47.8 Å². The molecular formula is C27H27N5O4.